The van der Waals surface area contributed by atoms with Crippen molar-refractivity contribution in [1.29, 1.82) is 0 Å². The average Bonchev–Trinajstić information content (AvgIpc) is 2.76. The first-order valence-corrected chi connectivity index (χ1v) is 4.51. The molecule has 0 fully saturated rings. The standard InChI is InChI=1S/C10H8N2O4/c13-12(14)10-4-3-9(16-10)7-15-8-2-1-5-11-6-8/h1-6H,7H2. The summed E-state index contributed by atoms with van der Waals surface area (Å²) in [6.45, 7) is 0.138. The van der Waals surface area contributed by atoms with Crippen LogP contribution in [0.1, 0.15) is 5.76 Å². The second-order valence-corrected chi connectivity index (χ2v) is 2.97. The molecule has 2 aromatic heterocycles. The quantitative estimate of drug-likeness (QED) is 0.582. The lowest BCUT2D eigenvalue weighted by atomic mass is 10.4. The maximum atomic E-state index is 10.3. The average molecular weight is 220 g/mol. The lowest BCUT2D eigenvalue weighted by molar-refractivity contribution is -0.402. The fraction of sp³-hybridized carbons (Fsp3) is 0.100. The van der Waals surface area contributed by atoms with Crippen molar-refractivity contribution in [2.75, 3.05) is 0 Å². The van der Waals surface area contributed by atoms with Gasteiger partial charge in [0.15, 0.2) is 0 Å². The van der Waals surface area contributed by atoms with E-state index in [9.17, 15) is 10.1 Å². The van der Waals surface area contributed by atoms with Crippen LogP contribution in [-0.4, -0.2) is 9.91 Å². The number of aromatic nitrogens is 1. The molecular formula is C10H8N2O4. The minimum atomic E-state index is -0.590. The zero-order valence-corrected chi connectivity index (χ0v) is 8.20. The molecule has 0 radical (unpaired) electrons. The van der Waals surface area contributed by atoms with Gasteiger partial charge >= 0.3 is 5.88 Å². The highest BCUT2D eigenvalue weighted by molar-refractivity contribution is 5.19. The molecule has 6 heteroatoms. The van der Waals surface area contributed by atoms with Gasteiger partial charge in [-0.25, -0.2) is 0 Å². The van der Waals surface area contributed by atoms with Crippen molar-refractivity contribution < 1.29 is 14.1 Å². The number of hydrogen-bond donors (Lipinski definition) is 0. The van der Waals surface area contributed by atoms with Gasteiger partial charge in [0.05, 0.1) is 12.3 Å². The van der Waals surface area contributed by atoms with E-state index in [1.165, 1.54) is 12.1 Å². The van der Waals surface area contributed by atoms with Crippen molar-refractivity contribution in [2.45, 2.75) is 6.61 Å². The Labute approximate surface area is 90.6 Å². The predicted molar refractivity (Wildman–Crippen MR) is 53.9 cm³/mol. The van der Waals surface area contributed by atoms with Crippen LogP contribution in [0.2, 0.25) is 0 Å². The first-order chi connectivity index (χ1) is 7.75. The molecule has 0 spiro atoms. The fourth-order valence-electron chi connectivity index (χ4n) is 1.13. The summed E-state index contributed by atoms with van der Waals surface area (Å²) in [6, 6.07) is 6.28. The maximum Gasteiger partial charge on any atom is 0.433 e. The summed E-state index contributed by atoms with van der Waals surface area (Å²) >= 11 is 0. The summed E-state index contributed by atoms with van der Waals surface area (Å²) in [7, 11) is 0. The van der Waals surface area contributed by atoms with Crippen LogP contribution in [0.5, 0.6) is 5.75 Å². The van der Waals surface area contributed by atoms with Crippen molar-refractivity contribution in [3.63, 3.8) is 0 Å². The molecule has 6 nitrogen and oxygen atoms in total. The molecule has 0 aliphatic heterocycles. The zero-order valence-electron chi connectivity index (χ0n) is 8.20. The fourth-order valence-corrected chi connectivity index (χ4v) is 1.13. The number of rotatable bonds is 4. The molecule has 0 aromatic carbocycles. The lowest BCUT2D eigenvalue weighted by Crippen LogP contribution is -1.93. The third-order valence-corrected chi connectivity index (χ3v) is 1.84. The highest BCUT2D eigenvalue weighted by atomic mass is 16.6. The Kier molecular flexibility index (Phi) is 2.81. The van der Waals surface area contributed by atoms with Crippen molar-refractivity contribution in [1.82, 2.24) is 4.98 Å². The number of nitro groups is 1. The van der Waals surface area contributed by atoms with Crippen LogP contribution in [0.3, 0.4) is 0 Å². The second-order valence-electron chi connectivity index (χ2n) is 2.97. The molecule has 0 unspecified atom stereocenters. The largest absolute Gasteiger partial charge is 0.484 e. The Hall–Kier alpha value is -2.37. The molecular weight excluding hydrogens is 212 g/mol. The minimum absolute atomic E-state index is 0.138. The SMILES string of the molecule is O=[N+]([O-])c1ccc(COc2cccnc2)o1. The topological polar surface area (TPSA) is 78.4 Å². The summed E-state index contributed by atoms with van der Waals surface area (Å²) in [4.78, 5) is 13.6. The van der Waals surface area contributed by atoms with E-state index in [1.54, 1.807) is 24.5 Å². The van der Waals surface area contributed by atoms with E-state index < -0.39 is 4.92 Å². The van der Waals surface area contributed by atoms with Gasteiger partial charge in [-0.1, -0.05) is 0 Å². The Morgan fingerprint density at radius 1 is 1.44 bits per heavy atom. The third-order valence-electron chi connectivity index (χ3n) is 1.84. The molecule has 0 bridgehead atoms. The Morgan fingerprint density at radius 3 is 2.94 bits per heavy atom. The van der Waals surface area contributed by atoms with Gasteiger partial charge in [0.2, 0.25) is 0 Å². The van der Waals surface area contributed by atoms with E-state index in [2.05, 4.69) is 4.98 Å². The summed E-state index contributed by atoms with van der Waals surface area (Å²) in [5.41, 5.74) is 0. The van der Waals surface area contributed by atoms with E-state index in [0.29, 0.717) is 11.5 Å². The molecule has 0 aliphatic carbocycles. The first-order valence-electron chi connectivity index (χ1n) is 4.51. The van der Waals surface area contributed by atoms with Gasteiger partial charge in [-0.3, -0.25) is 15.1 Å². The molecule has 0 saturated heterocycles. The molecule has 82 valence electrons. The van der Waals surface area contributed by atoms with Crippen molar-refractivity contribution in [3.8, 4) is 5.75 Å². The highest BCUT2D eigenvalue weighted by Crippen LogP contribution is 2.17. The van der Waals surface area contributed by atoms with Gasteiger partial charge < -0.3 is 9.15 Å². The van der Waals surface area contributed by atoms with E-state index in [4.69, 9.17) is 9.15 Å². The second kappa shape index (κ2) is 4.43. The number of furan rings is 1. The van der Waals surface area contributed by atoms with E-state index in [0.717, 1.165) is 0 Å². The van der Waals surface area contributed by atoms with Crippen LogP contribution in [0.25, 0.3) is 0 Å². The van der Waals surface area contributed by atoms with Gasteiger partial charge in [0.1, 0.15) is 23.0 Å². The number of nitrogens with zero attached hydrogens (tertiary/aromatic N) is 2. The summed E-state index contributed by atoms with van der Waals surface area (Å²) in [5, 5.41) is 10.3. The summed E-state index contributed by atoms with van der Waals surface area (Å²) < 4.78 is 10.2. The maximum absolute atomic E-state index is 10.3. The molecule has 0 amide bonds. The molecule has 0 saturated carbocycles. The van der Waals surface area contributed by atoms with Crippen molar-refractivity contribution in [3.05, 3.63) is 52.5 Å². The molecule has 2 aromatic rings. The number of pyridine rings is 1. The first kappa shape index (κ1) is 10.2. The van der Waals surface area contributed by atoms with Crippen LogP contribution >= 0.6 is 0 Å². The predicted octanol–water partition coefficient (Wildman–Crippen LogP) is 2.16. The smallest absolute Gasteiger partial charge is 0.433 e. The van der Waals surface area contributed by atoms with Crippen molar-refractivity contribution >= 4 is 5.88 Å². The van der Waals surface area contributed by atoms with Crippen molar-refractivity contribution in [2.24, 2.45) is 0 Å². The van der Waals surface area contributed by atoms with Gasteiger partial charge in [-0.2, -0.15) is 0 Å². The van der Waals surface area contributed by atoms with E-state index >= 15 is 0 Å². The molecule has 2 rings (SSSR count). The van der Waals surface area contributed by atoms with Crippen LogP contribution in [0.15, 0.2) is 41.1 Å². The van der Waals surface area contributed by atoms with Crippen LogP contribution in [-0.2, 0) is 6.61 Å². The van der Waals surface area contributed by atoms with Gasteiger partial charge in [-0.15, -0.1) is 0 Å². The molecule has 16 heavy (non-hydrogen) atoms. The summed E-state index contributed by atoms with van der Waals surface area (Å²) in [5.74, 6) is 0.696. The van der Waals surface area contributed by atoms with Gasteiger partial charge in [0.25, 0.3) is 0 Å². The van der Waals surface area contributed by atoms with Gasteiger partial charge in [-0.05, 0) is 18.2 Å². The molecule has 0 atom stereocenters. The van der Waals surface area contributed by atoms with E-state index in [-0.39, 0.29) is 12.5 Å². The number of ether oxygens (including phenoxy) is 1. The van der Waals surface area contributed by atoms with E-state index in [1.807, 2.05) is 0 Å². The molecule has 0 N–H and O–H groups in total. The minimum Gasteiger partial charge on any atom is -0.484 e. The molecule has 0 aliphatic rings. The third kappa shape index (κ3) is 2.35. The number of hydrogen-bond acceptors (Lipinski definition) is 5. The monoisotopic (exact) mass is 220 g/mol. The van der Waals surface area contributed by atoms with Gasteiger partial charge in [0, 0.05) is 6.20 Å². The zero-order chi connectivity index (χ0) is 11.4. The summed E-state index contributed by atoms with van der Waals surface area (Å²) in [6.07, 6.45) is 3.18. The lowest BCUT2D eigenvalue weighted by Gasteiger charge is -2.01. The Bertz CT molecular complexity index is 481. The molecule has 2 heterocycles. The van der Waals surface area contributed by atoms with Crippen LogP contribution in [0, 0.1) is 10.1 Å². The normalized spacial score (nSPS) is 10.0. The Morgan fingerprint density at radius 2 is 2.31 bits per heavy atom. The highest BCUT2D eigenvalue weighted by Gasteiger charge is 2.11. The van der Waals surface area contributed by atoms with Crippen LogP contribution in [0.4, 0.5) is 5.88 Å². The van der Waals surface area contributed by atoms with Crippen LogP contribution < -0.4 is 4.74 Å². The Balaban J connectivity index is 1.97.